The largest absolute Gasteiger partial charge is 0.493 e. The van der Waals surface area contributed by atoms with Gasteiger partial charge in [-0.15, -0.1) is 0 Å². The van der Waals surface area contributed by atoms with Crippen molar-refractivity contribution in [3.63, 3.8) is 0 Å². The maximum Gasteiger partial charge on any atom is 0.252 e. The lowest BCUT2D eigenvalue weighted by Crippen LogP contribution is -1.97. The lowest BCUT2D eigenvalue weighted by atomic mass is 10.0. The molecule has 0 fully saturated rings. The number of hydrazone groups is 1. The normalized spacial score (nSPS) is 10.9. The van der Waals surface area contributed by atoms with Gasteiger partial charge in [0.2, 0.25) is 11.6 Å². The molecule has 1 aromatic heterocycles. The molecule has 0 aliphatic carbocycles. The minimum Gasteiger partial charge on any atom is -0.493 e. The van der Waals surface area contributed by atoms with Gasteiger partial charge in [0.15, 0.2) is 11.5 Å². The van der Waals surface area contributed by atoms with Crippen molar-refractivity contribution in [3.05, 3.63) is 35.3 Å². The Morgan fingerprint density at radius 2 is 2.08 bits per heavy atom. The topological polar surface area (TPSA) is 92.7 Å². The molecule has 1 aromatic carbocycles. The zero-order valence-electron chi connectivity index (χ0n) is 15.6. The number of hydrogen-bond donors (Lipinski definition) is 1. The number of rotatable bonds is 9. The van der Waals surface area contributed by atoms with E-state index in [-0.39, 0.29) is 17.5 Å². The van der Waals surface area contributed by atoms with Crippen LogP contribution in [0.4, 0.5) is 5.88 Å². The van der Waals surface area contributed by atoms with Crippen LogP contribution in [0.2, 0.25) is 0 Å². The van der Waals surface area contributed by atoms with Gasteiger partial charge in [-0.2, -0.15) is 10.4 Å². The molecule has 0 aliphatic rings. The van der Waals surface area contributed by atoms with Gasteiger partial charge in [-0.05, 0) is 43.5 Å². The van der Waals surface area contributed by atoms with Gasteiger partial charge in [0.25, 0.3) is 5.88 Å². The Bertz CT molecular complexity index is 789. The van der Waals surface area contributed by atoms with Gasteiger partial charge in [0, 0.05) is 5.92 Å². The highest BCUT2D eigenvalue weighted by atomic mass is 16.5. The van der Waals surface area contributed by atoms with Gasteiger partial charge >= 0.3 is 0 Å². The van der Waals surface area contributed by atoms with Crippen LogP contribution < -0.4 is 14.9 Å². The number of ether oxygens (including phenoxy) is 2. The second kappa shape index (κ2) is 9.47. The smallest absolute Gasteiger partial charge is 0.252 e. The van der Waals surface area contributed by atoms with E-state index in [1.807, 2.05) is 31.2 Å². The number of nitriles is 1. The first-order chi connectivity index (χ1) is 12.7. The third-order valence-electron chi connectivity index (χ3n) is 3.95. The van der Waals surface area contributed by atoms with Crippen LogP contribution in [-0.4, -0.2) is 24.9 Å². The molecular formula is C19H24N4O3. The standard InChI is InChI=1S/C19H24N4O3/c1-5-14(6-2)18-22-15(11-20)19(26-18)23-21-12-13-8-9-16(25-7-3)17(10-13)24-4/h8-10,12,14,23H,5-7H2,1-4H3. The van der Waals surface area contributed by atoms with E-state index >= 15 is 0 Å². The molecule has 0 spiro atoms. The first-order valence-corrected chi connectivity index (χ1v) is 8.67. The Hall–Kier alpha value is -3.01. The van der Waals surface area contributed by atoms with Gasteiger partial charge < -0.3 is 13.9 Å². The summed E-state index contributed by atoms with van der Waals surface area (Å²) in [7, 11) is 1.59. The summed E-state index contributed by atoms with van der Waals surface area (Å²) in [5, 5.41) is 13.4. The van der Waals surface area contributed by atoms with Crippen LogP contribution in [0.1, 0.15) is 56.7 Å². The van der Waals surface area contributed by atoms with Crippen LogP contribution in [0.5, 0.6) is 11.5 Å². The number of anilines is 1. The van der Waals surface area contributed by atoms with Crippen LogP contribution in [-0.2, 0) is 0 Å². The third kappa shape index (κ3) is 4.54. The third-order valence-corrected chi connectivity index (χ3v) is 3.95. The number of methoxy groups -OCH3 is 1. The van der Waals surface area contributed by atoms with E-state index in [9.17, 15) is 5.26 Å². The number of nitrogens with zero attached hydrogens (tertiary/aromatic N) is 3. The summed E-state index contributed by atoms with van der Waals surface area (Å²) in [4.78, 5) is 4.26. The molecule has 2 rings (SSSR count). The number of nitrogens with one attached hydrogen (secondary N) is 1. The minimum atomic E-state index is 0.192. The van der Waals surface area contributed by atoms with E-state index < -0.39 is 0 Å². The van der Waals surface area contributed by atoms with Crippen molar-refractivity contribution in [2.24, 2.45) is 5.10 Å². The molecule has 2 aromatic rings. The van der Waals surface area contributed by atoms with Gasteiger partial charge in [0.1, 0.15) is 6.07 Å². The molecule has 0 unspecified atom stereocenters. The summed E-state index contributed by atoms with van der Waals surface area (Å²) in [5.41, 5.74) is 3.78. The molecule has 7 nitrogen and oxygen atoms in total. The Kier molecular flexibility index (Phi) is 7.03. The molecule has 26 heavy (non-hydrogen) atoms. The molecule has 0 radical (unpaired) electrons. The lowest BCUT2D eigenvalue weighted by Gasteiger charge is -2.09. The Morgan fingerprint density at radius 1 is 1.31 bits per heavy atom. The van der Waals surface area contributed by atoms with Gasteiger partial charge in [0.05, 0.1) is 19.9 Å². The van der Waals surface area contributed by atoms with E-state index in [0.717, 1.165) is 18.4 Å². The molecule has 1 N–H and O–H groups in total. The van der Waals surface area contributed by atoms with Gasteiger partial charge in [-0.25, -0.2) is 10.4 Å². The summed E-state index contributed by atoms with van der Waals surface area (Å²) < 4.78 is 16.5. The molecule has 0 aliphatic heterocycles. The van der Waals surface area contributed by atoms with Crippen molar-refractivity contribution >= 4 is 12.1 Å². The molecule has 0 amide bonds. The van der Waals surface area contributed by atoms with Gasteiger partial charge in [-0.1, -0.05) is 13.8 Å². The monoisotopic (exact) mass is 356 g/mol. The van der Waals surface area contributed by atoms with Crippen molar-refractivity contribution in [1.82, 2.24) is 4.98 Å². The number of benzene rings is 1. The molecule has 0 saturated heterocycles. The van der Waals surface area contributed by atoms with Gasteiger partial charge in [-0.3, -0.25) is 0 Å². The average molecular weight is 356 g/mol. The number of oxazole rings is 1. The van der Waals surface area contributed by atoms with Crippen molar-refractivity contribution in [2.45, 2.75) is 39.5 Å². The SMILES string of the molecule is CCOc1ccc(C=NNc2oc(C(CC)CC)nc2C#N)cc1OC. The highest BCUT2D eigenvalue weighted by Gasteiger charge is 2.18. The maximum atomic E-state index is 9.23. The summed E-state index contributed by atoms with van der Waals surface area (Å²) in [6, 6.07) is 7.53. The molecule has 0 saturated carbocycles. The second-order valence-corrected chi connectivity index (χ2v) is 5.57. The van der Waals surface area contributed by atoms with Crippen LogP contribution in [0.3, 0.4) is 0 Å². The van der Waals surface area contributed by atoms with Crippen LogP contribution >= 0.6 is 0 Å². The van der Waals surface area contributed by atoms with Crippen LogP contribution in [0, 0.1) is 11.3 Å². The summed E-state index contributed by atoms with van der Waals surface area (Å²) >= 11 is 0. The zero-order chi connectivity index (χ0) is 18.9. The zero-order valence-corrected chi connectivity index (χ0v) is 15.6. The lowest BCUT2D eigenvalue weighted by molar-refractivity contribution is 0.311. The Balaban J connectivity index is 2.14. The van der Waals surface area contributed by atoms with E-state index in [4.69, 9.17) is 13.9 Å². The van der Waals surface area contributed by atoms with E-state index in [2.05, 4.69) is 29.4 Å². The summed E-state index contributed by atoms with van der Waals surface area (Å²) in [6.45, 7) is 6.61. The van der Waals surface area contributed by atoms with Crippen molar-refractivity contribution in [2.75, 3.05) is 19.1 Å². The summed E-state index contributed by atoms with van der Waals surface area (Å²) in [6.07, 6.45) is 3.41. The molecule has 7 heteroatoms. The average Bonchev–Trinajstić information content (AvgIpc) is 3.07. The summed E-state index contributed by atoms with van der Waals surface area (Å²) in [5.74, 6) is 2.31. The van der Waals surface area contributed by atoms with Crippen LogP contribution in [0.15, 0.2) is 27.7 Å². The Labute approximate surface area is 153 Å². The highest BCUT2D eigenvalue weighted by molar-refractivity contribution is 5.81. The fourth-order valence-corrected chi connectivity index (χ4v) is 2.51. The Morgan fingerprint density at radius 3 is 2.69 bits per heavy atom. The first-order valence-electron chi connectivity index (χ1n) is 8.67. The van der Waals surface area contributed by atoms with E-state index in [0.29, 0.717) is 24.0 Å². The van der Waals surface area contributed by atoms with Crippen molar-refractivity contribution in [3.8, 4) is 17.6 Å². The predicted molar refractivity (Wildman–Crippen MR) is 99.9 cm³/mol. The van der Waals surface area contributed by atoms with E-state index in [1.54, 1.807) is 13.3 Å². The number of hydrogen-bond acceptors (Lipinski definition) is 7. The van der Waals surface area contributed by atoms with Crippen LogP contribution in [0.25, 0.3) is 0 Å². The maximum absolute atomic E-state index is 9.23. The second-order valence-electron chi connectivity index (χ2n) is 5.57. The van der Waals surface area contributed by atoms with Crippen molar-refractivity contribution in [1.29, 1.82) is 5.26 Å². The molecule has 1 heterocycles. The van der Waals surface area contributed by atoms with E-state index in [1.165, 1.54) is 0 Å². The first kappa shape index (κ1) is 19.3. The quantitative estimate of drug-likeness (QED) is 0.532. The fourth-order valence-electron chi connectivity index (χ4n) is 2.51. The molecule has 0 bridgehead atoms. The fraction of sp³-hybridized carbons (Fsp3) is 0.421. The minimum absolute atomic E-state index is 0.192. The highest BCUT2D eigenvalue weighted by Crippen LogP contribution is 2.28. The molecule has 0 atom stereocenters. The van der Waals surface area contributed by atoms with Crippen molar-refractivity contribution < 1.29 is 13.9 Å². The predicted octanol–water partition coefficient (Wildman–Crippen LogP) is 4.30. The molecule has 138 valence electrons. The number of aromatic nitrogens is 1. The molecular weight excluding hydrogens is 332 g/mol.